The maximum absolute atomic E-state index is 2.52. The third-order valence-corrected chi connectivity index (χ3v) is 3.46. The van der Waals surface area contributed by atoms with Crippen molar-refractivity contribution >= 4 is 11.8 Å². The Bertz CT molecular complexity index is 107. The highest BCUT2D eigenvalue weighted by Crippen LogP contribution is 2.38. The van der Waals surface area contributed by atoms with E-state index in [1.165, 1.54) is 25.9 Å². The van der Waals surface area contributed by atoms with Gasteiger partial charge in [-0.05, 0) is 19.8 Å². The molecule has 1 aliphatic carbocycles. The van der Waals surface area contributed by atoms with Gasteiger partial charge in [-0.3, -0.25) is 4.90 Å². The Morgan fingerprint density at radius 1 is 1.44 bits per heavy atom. The Balaban J connectivity index is 1.69. The second-order valence-corrected chi connectivity index (χ2v) is 4.59. The molecule has 1 heterocycles. The van der Waals surface area contributed by atoms with Crippen molar-refractivity contribution in [2.75, 3.05) is 13.1 Å². The molecule has 9 heavy (non-hydrogen) atoms. The molecule has 2 aliphatic rings. The summed E-state index contributed by atoms with van der Waals surface area (Å²) >= 11 is 2.16. The van der Waals surface area contributed by atoms with Crippen molar-refractivity contribution < 1.29 is 0 Å². The summed E-state index contributed by atoms with van der Waals surface area (Å²) in [6, 6.07) is 0. The third-order valence-electron chi connectivity index (χ3n) is 1.91. The van der Waals surface area contributed by atoms with Gasteiger partial charge in [0, 0.05) is 18.3 Å². The predicted molar refractivity (Wildman–Crippen MR) is 41.6 cm³/mol. The quantitative estimate of drug-likeness (QED) is 0.551. The van der Waals surface area contributed by atoms with Crippen LogP contribution in [0.1, 0.15) is 19.8 Å². The van der Waals surface area contributed by atoms with E-state index in [0.717, 1.165) is 10.6 Å². The average molecular weight is 143 g/mol. The van der Waals surface area contributed by atoms with E-state index in [2.05, 4.69) is 23.6 Å². The fraction of sp³-hybridized carbons (Fsp3) is 1.00. The second kappa shape index (κ2) is 2.17. The Morgan fingerprint density at radius 2 is 2.11 bits per heavy atom. The summed E-state index contributed by atoms with van der Waals surface area (Å²) in [5.41, 5.74) is 0. The summed E-state index contributed by atoms with van der Waals surface area (Å²) in [7, 11) is 0. The molecular formula is C7H13NS. The third kappa shape index (κ3) is 1.62. The van der Waals surface area contributed by atoms with Crippen LogP contribution < -0.4 is 0 Å². The summed E-state index contributed by atoms with van der Waals surface area (Å²) in [5.74, 6) is 0. The smallest absolute Gasteiger partial charge is 0.0532 e. The Kier molecular flexibility index (Phi) is 1.46. The highest BCUT2D eigenvalue weighted by molar-refractivity contribution is 8.00. The molecular weight excluding hydrogens is 130 g/mol. The number of rotatable bonds is 3. The molecule has 0 N–H and O–H groups in total. The van der Waals surface area contributed by atoms with Gasteiger partial charge < -0.3 is 0 Å². The number of thioether (sulfide) groups is 1. The van der Waals surface area contributed by atoms with Crippen molar-refractivity contribution in [3.63, 3.8) is 0 Å². The minimum absolute atomic E-state index is 0.817. The molecule has 2 heteroatoms. The van der Waals surface area contributed by atoms with Gasteiger partial charge in [0.15, 0.2) is 0 Å². The molecule has 0 radical (unpaired) electrons. The first kappa shape index (κ1) is 6.05. The van der Waals surface area contributed by atoms with Gasteiger partial charge >= 0.3 is 0 Å². The molecule has 0 bridgehead atoms. The number of hydrogen-bond acceptors (Lipinski definition) is 2. The lowest BCUT2D eigenvalue weighted by atomic mass is 10.7. The minimum Gasteiger partial charge on any atom is -0.289 e. The van der Waals surface area contributed by atoms with Crippen LogP contribution in [-0.4, -0.2) is 28.6 Å². The van der Waals surface area contributed by atoms with Crippen LogP contribution in [0.15, 0.2) is 0 Å². The van der Waals surface area contributed by atoms with Crippen molar-refractivity contribution in [3.05, 3.63) is 0 Å². The Hall–Kier alpha value is 0.310. The first-order chi connectivity index (χ1) is 4.36. The van der Waals surface area contributed by atoms with Crippen LogP contribution in [0.4, 0.5) is 0 Å². The van der Waals surface area contributed by atoms with E-state index in [1.807, 2.05) is 0 Å². The van der Waals surface area contributed by atoms with Crippen molar-refractivity contribution in [1.82, 2.24) is 4.90 Å². The van der Waals surface area contributed by atoms with E-state index < -0.39 is 0 Å². The maximum atomic E-state index is 2.52. The van der Waals surface area contributed by atoms with Crippen molar-refractivity contribution in [2.45, 2.75) is 30.4 Å². The summed E-state index contributed by atoms with van der Waals surface area (Å²) in [5, 5.41) is 1.85. The molecule has 2 rings (SSSR count). The Labute approximate surface area is 60.8 Å². The van der Waals surface area contributed by atoms with Crippen LogP contribution in [0.5, 0.6) is 0 Å². The van der Waals surface area contributed by atoms with Gasteiger partial charge in [0.25, 0.3) is 0 Å². The molecule has 1 saturated heterocycles. The van der Waals surface area contributed by atoms with Crippen LogP contribution >= 0.6 is 11.8 Å². The van der Waals surface area contributed by atoms with E-state index in [9.17, 15) is 0 Å². The first-order valence-electron chi connectivity index (χ1n) is 3.76. The lowest BCUT2D eigenvalue weighted by Crippen LogP contribution is -2.09. The first-order valence-corrected chi connectivity index (χ1v) is 4.70. The highest BCUT2D eigenvalue weighted by Gasteiger charge is 2.30. The van der Waals surface area contributed by atoms with Crippen LogP contribution in [-0.2, 0) is 0 Å². The van der Waals surface area contributed by atoms with Crippen molar-refractivity contribution in [1.29, 1.82) is 0 Å². The van der Waals surface area contributed by atoms with Crippen LogP contribution in [0.2, 0.25) is 0 Å². The van der Waals surface area contributed by atoms with Crippen LogP contribution in [0.25, 0.3) is 0 Å². The maximum Gasteiger partial charge on any atom is 0.0532 e. The van der Waals surface area contributed by atoms with Crippen molar-refractivity contribution in [3.8, 4) is 0 Å². The highest BCUT2D eigenvalue weighted by atomic mass is 32.2. The molecule has 2 fully saturated rings. The van der Waals surface area contributed by atoms with Gasteiger partial charge in [0.1, 0.15) is 0 Å². The normalized spacial score (nSPS) is 30.3. The fourth-order valence-corrected chi connectivity index (χ4v) is 2.34. The number of nitrogens with zero attached hydrogens (tertiary/aromatic N) is 1. The van der Waals surface area contributed by atoms with Gasteiger partial charge in [-0.25, -0.2) is 0 Å². The van der Waals surface area contributed by atoms with Crippen LogP contribution in [0, 0.1) is 0 Å². The Morgan fingerprint density at radius 3 is 2.56 bits per heavy atom. The molecule has 52 valence electrons. The topological polar surface area (TPSA) is 3.01 Å². The molecule has 0 amide bonds. The molecule has 1 unspecified atom stereocenters. The minimum atomic E-state index is 0.817. The van der Waals surface area contributed by atoms with Gasteiger partial charge in [-0.15, -0.1) is 11.8 Å². The zero-order chi connectivity index (χ0) is 6.27. The number of hydrogen-bond donors (Lipinski definition) is 0. The molecule has 0 aromatic heterocycles. The van der Waals surface area contributed by atoms with Crippen molar-refractivity contribution in [2.24, 2.45) is 0 Å². The van der Waals surface area contributed by atoms with Gasteiger partial charge in [-0.1, -0.05) is 0 Å². The van der Waals surface area contributed by atoms with Crippen LogP contribution in [0.3, 0.4) is 0 Å². The summed E-state index contributed by atoms with van der Waals surface area (Å²) in [6.07, 6.45) is 2.95. The molecule has 0 spiro atoms. The fourth-order valence-electron chi connectivity index (χ4n) is 0.990. The molecule has 1 aliphatic heterocycles. The standard InChI is InChI=1S/C7H13NS/c1-6(8-4-5-8)9-7-2-3-7/h6-7H,2-5H2,1H3. The zero-order valence-corrected chi connectivity index (χ0v) is 6.66. The van der Waals surface area contributed by atoms with Gasteiger partial charge in [0.2, 0.25) is 0 Å². The van der Waals surface area contributed by atoms with Gasteiger partial charge in [-0.2, -0.15) is 0 Å². The molecule has 0 aromatic rings. The largest absolute Gasteiger partial charge is 0.289 e. The second-order valence-electron chi connectivity index (χ2n) is 2.97. The molecule has 0 aromatic carbocycles. The van der Waals surface area contributed by atoms with E-state index in [4.69, 9.17) is 0 Å². The summed E-state index contributed by atoms with van der Waals surface area (Å²) in [4.78, 5) is 2.52. The monoisotopic (exact) mass is 143 g/mol. The zero-order valence-electron chi connectivity index (χ0n) is 5.84. The van der Waals surface area contributed by atoms with E-state index in [1.54, 1.807) is 0 Å². The summed E-state index contributed by atoms with van der Waals surface area (Å²) < 4.78 is 0. The lowest BCUT2D eigenvalue weighted by Gasteiger charge is -2.09. The summed E-state index contributed by atoms with van der Waals surface area (Å²) in [6.45, 7) is 5.03. The van der Waals surface area contributed by atoms with E-state index in [-0.39, 0.29) is 0 Å². The van der Waals surface area contributed by atoms with Gasteiger partial charge in [0.05, 0.1) is 5.37 Å². The predicted octanol–water partition coefficient (Wildman–Crippen LogP) is 1.54. The average Bonchev–Trinajstić information content (AvgIpc) is 2.62. The van der Waals surface area contributed by atoms with E-state index in [0.29, 0.717) is 0 Å². The molecule has 1 saturated carbocycles. The molecule has 1 nitrogen and oxygen atoms in total. The van der Waals surface area contributed by atoms with E-state index >= 15 is 0 Å². The SMILES string of the molecule is CC(SC1CC1)N1CC1. The lowest BCUT2D eigenvalue weighted by molar-refractivity contribution is 0.553. The molecule has 1 atom stereocenters.